The second-order valence-corrected chi connectivity index (χ2v) is 46.1. The summed E-state index contributed by atoms with van der Waals surface area (Å²) >= 11 is 0.177. The number of unbranched alkanes of at least 4 members (excludes halogenated alkanes) is 10. The molecule has 2 aromatic heterocycles. The van der Waals surface area contributed by atoms with Gasteiger partial charge in [0, 0.05) is 0 Å². The SMILES string of the molecule is CCCCCCCCc1c2c[c]([Sn]([CH3])([CH3])[CH3])sc2c(CCCCCCCC)c2s[c]([Sn]([CH3])([CH3])[CH3])cc12. The molecule has 1 aromatic carbocycles. The molecule has 0 fully saturated rings. The number of hydrogen-bond acceptors (Lipinski definition) is 2. The van der Waals surface area contributed by atoms with Crippen LogP contribution in [0.25, 0.3) is 20.2 Å². The molecule has 0 saturated carbocycles. The number of hydrogen-bond donors (Lipinski definition) is 0. The van der Waals surface area contributed by atoms with E-state index >= 15 is 0 Å². The Balaban J connectivity index is 2.04. The van der Waals surface area contributed by atoms with E-state index < -0.39 is 36.8 Å². The van der Waals surface area contributed by atoms with Crippen LogP contribution < -0.4 is 5.79 Å². The summed E-state index contributed by atoms with van der Waals surface area (Å²) in [6.07, 6.45) is 19.2. The van der Waals surface area contributed by atoms with Crippen molar-refractivity contribution in [2.45, 2.75) is 133 Å². The average molecular weight is 740 g/mol. The van der Waals surface area contributed by atoms with Gasteiger partial charge in [-0.3, -0.25) is 0 Å². The fourth-order valence-corrected chi connectivity index (χ4v) is 18.3. The molecule has 4 heteroatoms. The summed E-state index contributed by atoms with van der Waals surface area (Å²) in [5, 5.41) is 3.33. The van der Waals surface area contributed by atoms with Crippen molar-refractivity contribution in [1.29, 1.82) is 0 Å². The maximum absolute atomic E-state index is 2.70. The van der Waals surface area contributed by atoms with E-state index in [4.69, 9.17) is 0 Å². The molecular formula is C32H54S2Sn2. The first-order valence-electron chi connectivity index (χ1n) is 15.1. The monoisotopic (exact) mass is 742 g/mol. The van der Waals surface area contributed by atoms with Crippen LogP contribution in [-0.4, -0.2) is 36.8 Å². The van der Waals surface area contributed by atoms with Crippen LogP contribution in [0.3, 0.4) is 0 Å². The number of aryl methyl sites for hydroxylation is 2. The van der Waals surface area contributed by atoms with E-state index in [0.29, 0.717) is 0 Å². The summed E-state index contributed by atoms with van der Waals surface area (Å²) in [6.45, 7) is 4.65. The maximum atomic E-state index is 2.70. The van der Waals surface area contributed by atoms with Gasteiger partial charge in [0.1, 0.15) is 0 Å². The third-order valence-electron chi connectivity index (χ3n) is 7.70. The van der Waals surface area contributed by atoms with Crippen LogP contribution >= 0.6 is 22.7 Å². The van der Waals surface area contributed by atoms with Crippen LogP contribution in [0.2, 0.25) is 29.6 Å². The Morgan fingerprint density at radius 2 is 0.861 bits per heavy atom. The topological polar surface area (TPSA) is 0 Å². The summed E-state index contributed by atoms with van der Waals surface area (Å²) in [4.78, 5) is 15.6. The number of benzene rings is 1. The first-order chi connectivity index (χ1) is 17.1. The van der Waals surface area contributed by atoms with Gasteiger partial charge in [-0.25, -0.2) is 0 Å². The second kappa shape index (κ2) is 14.4. The molecule has 0 bridgehead atoms. The Kier molecular flexibility index (Phi) is 12.5. The fraction of sp³-hybridized carbons (Fsp3) is 0.688. The van der Waals surface area contributed by atoms with Gasteiger partial charge in [-0.1, -0.05) is 0 Å². The van der Waals surface area contributed by atoms with Gasteiger partial charge in [0.25, 0.3) is 0 Å². The summed E-state index contributed by atoms with van der Waals surface area (Å²) in [6, 6.07) is 5.40. The number of rotatable bonds is 16. The molecule has 202 valence electrons. The molecule has 3 rings (SSSR count). The van der Waals surface area contributed by atoms with Crippen molar-refractivity contribution in [2.24, 2.45) is 0 Å². The summed E-state index contributed by atoms with van der Waals surface area (Å²) in [5.41, 5.74) is 3.46. The van der Waals surface area contributed by atoms with Crippen molar-refractivity contribution >= 4 is 85.4 Å². The molecule has 0 aliphatic carbocycles. The third-order valence-corrected chi connectivity index (χ3v) is 28.9. The van der Waals surface area contributed by atoms with Crippen LogP contribution in [0, 0.1) is 0 Å². The Labute approximate surface area is 239 Å². The van der Waals surface area contributed by atoms with Crippen molar-refractivity contribution in [3.05, 3.63) is 23.3 Å². The molecule has 0 aliphatic rings. The zero-order valence-electron chi connectivity index (χ0n) is 24.9. The molecule has 0 N–H and O–H groups in total. The summed E-state index contributed by atoms with van der Waals surface area (Å²) in [5.74, 6) is 0. The molecule has 36 heavy (non-hydrogen) atoms. The van der Waals surface area contributed by atoms with Gasteiger partial charge in [-0.15, -0.1) is 0 Å². The van der Waals surface area contributed by atoms with Gasteiger partial charge in [0.2, 0.25) is 0 Å². The van der Waals surface area contributed by atoms with E-state index in [1.54, 1.807) is 37.1 Å². The zero-order chi connectivity index (χ0) is 26.3. The number of fused-ring (bicyclic) bond motifs is 2. The molecule has 0 nitrogen and oxygen atoms in total. The molecule has 0 radical (unpaired) electrons. The van der Waals surface area contributed by atoms with Crippen molar-refractivity contribution in [3.63, 3.8) is 0 Å². The molecule has 0 saturated heterocycles. The van der Waals surface area contributed by atoms with Crippen molar-refractivity contribution in [2.75, 3.05) is 0 Å². The summed E-state index contributed by atoms with van der Waals surface area (Å²) in [7, 11) is 0. The van der Waals surface area contributed by atoms with Crippen molar-refractivity contribution in [3.8, 4) is 0 Å². The minimum absolute atomic E-state index is 1.28. The zero-order valence-corrected chi connectivity index (χ0v) is 32.2. The molecule has 0 unspecified atom stereocenters. The third kappa shape index (κ3) is 8.37. The van der Waals surface area contributed by atoms with Crippen LogP contribution in [0.5, 0.6) is 0 Å². The van der Waals surface area contributed by atoms with Crippen LogP contribution in [-0.2, 0) is 12.8 Å². The van der Waals surface area contributed by atoms with Crippen molar-refractivity contribution < 1.29 is 0 Å². The van der Waals surface area contributed by atoms with Crippen LogP contribution in [0.4, 0.5) is 0 Å². The molecular weight excluding hydrogens is 686 g/mol. The molecule has 3 aromatic rings. The van der Waals surface area contributed by atoms with E-state index in [9.17, 15) is 0 Å². The van der Waals surface area contributed by atoms with Gasteiger partial charge in [-0.05, 0) is 0 Å². The van der Waals surface area contributed by atoms with E-state index in [1.165, 1.54) is 89.9 Å². The van der Waals surface area contributed by atoms with Crippen LogP contribution in [0.1, 0.15) is 102 Å². The molecule has 0 atom stereocenters. The van der Waals surface area contributed by atoms with Gasteiger partial charge >= 0.3 is 242 Å². The Hall–Kier alpha value is 0.737. The van der Waals surface area contributed by atoms with Gasteiger partial charge in [0.05, 0.1) is 0 Å². The van der Waals surface area contributed by atoms with Crippen molar-refractivity contribution in [1.82, 2.24) is 0 Å². The minimum atomic E-state index is -2.13. The Bertz CT molecular complexity index is 951. The second-order valence-electron chi connectivity index (χ2n) is 13.2. The quantitative estimate of drug-likeness (QED) is 0.101. The fourth-order valence-electron chi connectivity index (χ4n) is 5.33. The molecule has 2 heterocycles. The van der Waals surface area contributed by atoms with Gasteiger partial charge in [-0.2, -0.15) is 0 Å². The van der Waals surface area contributed by atoms with E-state index in [1.807, 2.05) is 0 Å². The standard InChI is InChI=1S/C26H36S2.6CH3.2Sn/c1-3-5-7-9-11-13-15-21-22-17-19-27-25(22)24(26-23(21)18-20-28-26)16-14-12-10-8-6-4-2;;;;;;;;/h17-18H,3-16H2,1-2H3;6*1H3;;. The Morgan fingerprint density at radius 1 is 0.500 bits per heavy atom. The van der Waals surface area contributed by atoms with Gasteiger partial charge < -0.3 is 0 Å². The number of thiophene rings is 2. The normalized spacial score (nSPS) is 12.9. The van der Waals surface area contributed by atoms with E-state index in [-0.39, 0.29) is 0 Å². The first-order valence-corrected chi connectivity index (χ1v) is 36.7. The molecule has 0 spiro atoms. The molecule has 0 amide bonds. The summed E-state index contributed by atoms with van der Waals surface area (Å²) < 4.78 is 6.94. The molecule has 0 aliphatic heterocycles. The van der Waals surface area contributed by atoms with E-state index in [2.05, 4.69) is 78.3 Å². The van der Waals surface area contributed by atoms with Crippen LogP contribution in [0.15, 0.2) is 12.1 Å². The average Bonchev–Trinajstić information content (AvgIpc) is 3.44. The van der Waals surface area contributed by atoms with E-state index in [0.717, 1.165) is 0 Å². The Morgan fingerprint density at radius 3 is 1.25 bits per heavy atom. The predicted molar refractivity (Wildman–Crippen MR) is 177 cm³/mol. The predicted octanol–water partition coefficient (Wildman–Crippen LogP) is 11.0. The van der Waals surface area contributed by atoms with Gasteiger partial charge in [0.15, 0.2) is 0 Å². The first kappa shape index (κ1) is 31.3.